The molecule has 0 saturated carbocycles. The van der Waals surface area contributed by atoms with Crippen molar-refractivity contribution >= 4 is 51.3 Å². The monoisotopic (exact) mass is 319 g/mol. The van der Waals surface area contributed by atoms with Gasteiger partial charge in [-0.25, -0.2) is 9.37 Å². The summed E-state index contributed by atoms with van der Waals surface area (Å²) in [6.45, 7) is 0. The van der Waals surface area contributed by atoms with E-state index < -0.39 is 0 Å². The predicted molar refractivity (Wildman–Crippen MR) is 81.4 cm³/mol. The van der Waals surface area contributed by atoms with Gasteiger partial charge in [-0.05, 0) is 24.3 Å². The van der Waals surface area contributed by atoms with Gasteiger partial charge in [0.25, 0.3) is 0 Å². The minimum atomic E-state index is -0.372. The molecule has 0 aliphatic heterocycles. The molecule has 5 nitrogen and oxygen atoms in total. The lowest BCUT2D eigenvalue weighted by Crippen LogP contribution is -2.02. The normalized spacial score (nSPS) is 11.5. The second kappa shape index (κ2) is 4.37. The third-order valence-electron chi connectivity index (χ3n) is 3.22. The van der Waals surface area contributed by atoms with Crippen molar-refractivity contribution < 1.29 is 4.39 Å². The summed E-state index contributed by atoms with van der Waals surface area (Å²) in [5.74, 6) is -0.152. The van der Waals surface area contributed by atoms with Crippen molar-refractivity contribution in [3.63, 3.8) is 0 Å². The lowest BCUT2D eigenvalue weighted by Gasteiger charge is -2.09. The molecule has 4 rings (SSSR count). The lowest BCUT2D eigenvalue weighted by molar-refractivity contribution is 0.629. The van der Waals surface area contributed by atoms with Gasteiger partial charge in [-0.1, -0.05) is 11.6 Å². The van der Waals surface area contributed by atoms with E-state index in [4.69, 9.17) is 17.3 Å². The molecule has 0 unspecified atom stereocenters. The second-order valence-electron chi connectivity index (χ2n) is 4.47. The highest BCUT2D eigenvalue weighted by Crippen LogP contribution is 2.33. The fourth-order valence-electron chi connectivity index (χ4n) is 2.33. The summed E-state index contributed by atoms with van der Waals surface area (Å²) in [4.78, 5) is 4.23. The van der Waals surface area contributed by atoms with Crippen molar-refractivity contribution in [2.24, 2.45) is 0 Å². The van der Waals surface area contributed by atoms with Gasteiger partial charge >= 0.3 is 0 Å². The highest BCUT2D eigenvalue weighted by molar-refractivity contribution is 7.00. The topological polar surface area (TPSA) is 69.6 Å². The average molecular weight is 320 g/mol. The van der Waals surface area contributed by atoms with Gasteiger partial charge in [0.2, 0.25) is 5.95 Å². The first-order valence-corrected chi connectivity index (χ1v) is 7.10. The number of hydrogen-bond donors (Lipinski definition) is 1. The van der Waals surface area contributed by atoms with Gasteiger partial charge in [0.05, 0.1) is 33.5 Å². The molecule has 2 heterocycles. The Morgan fingerprint density at radius 1 is 1.14 bits per heavy atom. The first-order valence-electron chi connectivity index (χ1n) is 6.00. The molecular weight excluding hydrogens is 313 g/mol. The Morgan fingerprint density at radius 2 is 1.95 bits per heavy atom. The van der Waals surface area contributed by atoms with E-state index in [2.05, 4.69) is 13.7 Å². The van der Waals surface area contributed by atoms with Gasteiger partial charge in [-0.15, -0.1) is 0 Å². The summed E-state index contributed by atoms with van der Waals surface area (Å²) in [6.07, 6.45) is 0. The molecule has 0 aliphatic carbocycles. The van der Waals surface area contributed by atoms with Crippen molar-refractivity contribution in [3.05, 3.63) is 41.2 Å². The number of hydrogen-bond acceptors (Lipinski definition) is 5. The SMILES string of the molecule is Nc1nc2ccc(F)cc2n1-c1c(Cl)ccc2nsnc12. The van der Waals surface area contributed by atoms with Crippen molar-refractivity contribution in [1.29, 1.82) is 0 Å². The van der Waals surface area contributed by atoms with Crippen molar-refractivity contribution in [2.75, 3.05) is 5.73 Å². The number of imidazole rings is 1. The summed E-state index contributed by atoms with van der Waals surface area (Å²) in [5, 5.41) is 0.450. The third-order valence-corrected chi connectivity index (χ3v) is 4.07. The van der Waals surface area contributed by atoms with Crippen LogP contribution >= 0.6 is 23.3 Å². The fourth-order valence-corrected chi connectivity index (χ4v) is 3.10. The zero-order valence-corrected chi connectivity index (χ0v) is 12.0. The first-order chi connectivity index (χ1) is 10.1. The van der Waals surface area contributed by atoms with Crippen molar-refractivity contribution in [1.82, 2.24) is 18.3 Å². The number of aromatic nitrogens is 4. The van der Waals surface area contributed by atoms with E-state index in [1.54, 1.807) is 22.8 Å². The number of halogens is 2. The Hall–Kier alpha value is -2.25. The number of nitrogens with two attached hydrogens (primary N) is 1. The highest BCUT2D eigenvalue weighted by atomic mass is 35.5. The van der Waals surface area contributed by atoms with E-state index in [0.29, 0.717) is 32.8 Å². The van der Waals surface area contributed by atoms with E-state index in [9.17, 15) is 4.39 Å². The largest absolute Gasteiger partial charge is 0.369 e. The average Bonchev–Trinajstić information content (AvgIpc) is 3.03. The predicted octanol–water partition coefficient (Wildman–Crippen LogP) is 3.40. The van der Waals surface area contributed by atoms with Crippen molar-refractivity contribution in [3.8, 4) is 5.69 Å². The van der Waals surface area contributed by atoms with Crippen LogP contribution in [0.3, 0.4) is 0 Å². The summed E-state index contributed by atoms with van der Waals surface area (Å²) >= 11 is 7.38. The molecule has 2 aromatic heterocycles. The summed E-state index contributed by atoms with van der Waals surface area (Å²) in [7, 11) is 0. The van der Waals surface area contributed by atoms with Gasteiger partial charge in [0.1, 0.15) is 16.9 Å². The zero-order valence-electron chi connectivity index (χ0n) is 10.4. The van der Waals surface area contributed by atoms with E-state index in [1.807, 2.05) is 0 Å². The molecule has 2 N–H and O–H groups in total. The number of nitrogen functional groups attached to an aromatic ring is 1. The van der Waals surface area contributed by atoms with E-state index in [1.165, 1.54) is 12.1 Å². The Bertz CT molecular complexity index is 993. The van der Waals surface area contributed by atoms with Crippen LogP contribution < -0.4 is 5.73 Å². The number of anilines is 1. The fraction of sp³-hybridized carbons (Fsp3) is 0. The first kappa shape index (κ1) is 12.5. The van der Waals surface area contributed by atoms with Crippen LogP contribution in [0.4, 0.5) is 10.3 Å². The van der Waals surface area contributed by atoms with Crippen LogP contribution in [0.5, 0.6) is 0 Å². The Labute approximate surface area is 127 Å². The van der Waals surface area contributed by atoms with Crippen LogP contribution in [0, 0.1) is 5.82 Å². The Kier molecular flexibility index (Phi) is 2.60. The van der Waals surface area contributed by atoms with Crippen molar-refractivity contribution in [2.45, 2.75) is 0 Å². The summed E-state index contributed by atoms with van der Waals surface area (Å²) < 4.78 is 23.6. The van der Waals surface area contributed by atoms with Crippen LogP contribution in [-0.4, -0.2) is 18.3 Å². The van der Waals surface area contributed by atoms with Crippen LogP contribution in [-0.2, 0) is 0 Å². The smallest absolute Gasteiger partial charge is 0.206 e. The Morgan fingerprint density at radius 3 is 2.81 bits per heavy atom. The van der Waals surface area contributed by atoms with Gasteiger partial charge in [-0.3, -0.25) is 4.57 Å². The van der Waals surface area contributed by atoms with Gasteiger partial charge < -0.3 is 5.73 Å². The van der Waals surface area contributed by atoms with E-state index >= 15 is 0 Å². The maximum absolute atomic E-state index is 13.6. The molecule has 0 atom stereocenters. The quantitative estimate of drug-likeness (QED) is 0.583. The molecule has 8 heteroatoms. The number of benzene rings is 2. The molecule has 0 amide bonds. The molecule has 21 heavy (non-hydrogen) atoms. The maximum Gasteiger partial charge on any atom is 0.206 e. The van der Waals surface area contributed by atoms with E-state index in [0.717, 1.165) is 11.7 Å². The van der Waals surface area contributed by atoms with Gasteiger partial charge in [0, 0.05) is 6.07 Å². The van der Waals surface area contributed by atoms with Crippen LogP contribution in [0.15, 0.2) is 30.3 Å². The van der Waals surface area contributed by atoms with Crippen LogP contribution in [0.25, 0.3) is 27.8 Å². The molecule has 0 radical (unpaired) electrons. The number of nitrogens with zero attached hydrogens (tertiary/aromatic N) is 4. The molecule has 0 bridgehead atoms. The number of rotatable bonds is 1. The van der Waals surface area contributed by atoms with Gasteiger partial charge in [-0.2, -0.15) is 8.75 Å². The minimum Gasteiger partial charge on any atom is -0.369 e. The zero-order chi connectivity index (χ0) is 14.6. The molecular formula is C13H7ClFN5S. The molecule has 0 fully saturated rings. The van der Waals surface area contributed by atoms with Crippen LogP contribution in [0.2, 0.25) is 5.02 Å². The lowest BCUT2D eigenvalue weighted by atomic mass is 10.2. The third kappa shape index (κ3) is 1.78. The highest BCUT2D eigenvalue weighted by Gasteiger charge is 2.18. The molecule has 0 saturated heterocycles. The molecule has 0 aliphatic rings. The maximum atomic E-state index is 13.6. The van der Waals surface area contributed by atoms with E-state index in [-0.39, 0.29) is 11.8 Å². The van der Waals surface area contributed by atoms with Gasteiger partial charge in [0.15, 0.2) is 0 Å². The molecule has 0 spiro atoms. The molecule has 4 aromatic rings. The minimum absolute atomic E-state index is 0.220. The number of fused-ring (bicyclic) bond motifs is 2. The molecule has 104 valence electrons. The molecule has 2 aromatic carbocycles. The summed E-state index contributed by atoms with van der Waals surface area (Å²) in [5.41, 5.74) is 9.00. The standard InChI is InChI=1S/C13H7ClFN5S/c14-7-2-4-9-11(19-21-18-9)12(7)20-10-5-6(15)1-3-8(10)17-13(20)16/h1-5H,(H2,16,17). The summed E-state index contributed by atoms with van der Waals surface area (Å²) in [6, 6.07) is 7.77. The second-order valence-corrected chi connectivity index (χ2v) is 5.40. The van der Waals surface area contributed by atoms with Crippen LogP contribution in [0.1, 0.15) is 0 Å². The Balaban J connectivity index is 2.18.